The molecule has 3 aromatic rings. The first kappa shape index (κ1) is 17.1. The molecule has 0 saturated heterocycles. The van der Waals surface area contributed by atoms with Crippen LogP contribution in [0.15, 0.2) is 48.7 Å². The number of carbonyl (C=O) groups is 1. The molecular formula is C20H19NO4. The second kappa shape index (κ2) is 7.42. The number of benzene rings is 2. The molecule has 1 heterocycles. The first-order valence-electron chi connectivity index (χ1n) is 7.85. The first-order chi connectivity index (χ1) is 12.1. The van der Waals surface area contributed by atoms with E-state index >= 15 is 0 Å². The highest BCUT2D eigenvalue weighted by molar-refractivity contribution is 5.89. The summed E-state index contributed by atoms with van der Waals surface area (Å²) < 4.78 is 10.6. The van der Waals surface area contributed by atoms with Gasteiger partial charge in [-0.3, -0.25) is 4.98 Å². The molecular weight excluding hydrogens is 318 g/mol. The van der Waals surface area contributed by atoms with Crippen LogP contribution < -0.4 is 0 Å². The minimum absolute atomic E-state index is 0.260. The predicted molar refractivity (Wildman–Crippen MR) is 95.6 cm³/mol. The Morgan fingerprint density at radius 3 is 2.12 bits per heavy atom. The van der Waals surface area contributed by atoms with E-state index in [9.17, 15) is 4.79 Å². The molecule has 1 aromatic heterocycles. The van der Waals surface area contributed by atoms with Crippen LogP contribution in [0, 0.1) is 0 Å². The third kappa shape index (κ3) is 3.68. The maximum atomic E-state index is 11.0. The van der Waals surface area contributed by atoms with Crippen LogP contribution in [0.4, 0.5) is 0 Å². The van der Waals surface area contributed by atoms with E-state index in [1.165, 1.54) is 0 Å². The van der Waals surface area contributed by atoms with Crippen molar-refractivity contribution in [2.24, 2.45) is 0 Å². The van der Waals surface area contributed by atoms with Gasteiger partial charge in [0.05, 0.1) is 24.5 Å². The van der Waals surface area contributed by atoms with Gasteiger partial charge in [0.1, 0.15) is 0 Å². The summed E-state index contributed by atoms with van der Waals surface area (Å²) in [6, 6.07) is 12.9. The van der Waals surface area contributed by atoms with Gasteiger partial charge in [0, 0.05) is 31.4 Å². The van der Waals surface area contributed by atoms with Gasteiger partial charge >= 0.3 is 5.97 Å². The molecule has 0 amide bonds. The molecule has 128 valence electrons. The fourth-order valence-electron chi connectivity index (χ4n) is 2.81. The quantitative estimate of drug-likeness (QED) is 0.739. The fourth-order valence-corrected chi connectivity index (χ4v) is 2.81. The Bertz CT molecular complexity index is 903. The van der Waals surface area contributed by atoms with Crippen LogP contribution in [0.5, 0.6) is 0 Å². The average molecular weight is 337 g/mol. The standard InChI is InChI=1S/C20H19NO4/c1-24-11-17-7-15-9-19(13-3-5-14(6-4-13)20(22)23)21-10-16(15)8-18(17)12-25-2/h3-10H,11-12H2,1-2H3,(H,22,23). The van der Waals surface area contributed by atoms with Crippen LogP contribution in [-0.2, 0) is 22.7 Å². The minimum atomic E-state index is -0.937. The lowest BCUT2D eigenvalue weighted by Crippen LogP contribution is -1.98. The lowest BCUT2D eigenvalue weighted by Gasteiger charge is -2.11. The van der Waals surface area contributed by atoms with E-state index in [1.54, 1.807) is 38.5 Å². The molecule has 0 aliphatic carbocycles. The Hall–Kier alpha value is -2.76. The van der Waals surface area contributed by atoms with Gasteiger partial charge < -0.3 is 14.6 Å². The van der Waals surface area contributed by atoms with E-state index < -0.39 is 5.97 Å². The lowest BCUT2D eigenvalue weighted by molar-refractivity contribution is 0.0697. The van der Waals surface area contributed by atoms with Gasteiger partial charge in [-0.25, -0.2) is 4.79 Å². The van der Waals surface area contributed by atoms with E-state index in [2.05, 4.69) is 17.1 Å². The van der Waals surface area contributed by atoms with Gasteiger partial charge in [0.25, 0.3) is 0 Å². The Labute approximate surface area is 145 Å². The van der Waals surface area contributed by atoms with E-state index in [1.807, 2.05) is 12.3 Å². The number of carboxylic acid groups (broad SMARTS) is 1. The zero-order valence-corrected chi connectivity index (χ0v) is 14.2. The average Bonchev–Trinajstić information content (AvgIpc) is 2.62. The number of pyridine rings is 1. The number of methoxy groups -OCH3 is 2. The first-order valence-corrected chi connectivity index (χ1v) is 7.85. The number of nitrogens with zero attached hydrogens (tertiary/aromatic N) is 1. The monoisotopic (exact) mass is 337 g/mol. The van der Waals surface area contributed by atoms with Crippen molar-refractivity contribution in [3.63, 3.8) is 0 Å². The van der Waals surface area contributed by atoms with Gasteiger partial charge in [0.15, 0.2) is 0 Å². The molecule has 5 heteroatoms. The smallest absolute Gasteiger partial charge is 0.335 e. The van der Waals surface area contributed by atoms with Crippen LogP contribution in [0.3, 0.4) is 0 Å². The second-order valence-corrected chi connectivity index (χ2v) is 5.79. The molecule has 0 bridgehead atoms. The highest BCUT2D eigenvalue weighted by atomic mass is 16.5. The molecule has 0 unspecified atom stereocenters. The van der Waals surface area contributed by atoms with Crippen molar-refractivity contribution < 1.29 is 19.4 Å². The summed E-state index contributed by atoms with van der Waals surface area (Å²) in [5.74, 6) is -0.937. The van der Waals surface area contributed by atoms with Gasteiger partial charge in [-0.2, -0.15) is 0 Å². The van der Waals surface area contributed by atoms with Gasteiger partial charge in [-0.05, 0) is 46.8 Å². The normalized spacial score (nSPS) is 11.0. The zero-order valence-electron chi connectivity index (χ0n) is 14.2. The van der Waals surface area contributed by atoms with Crippen LogP contribution >= 0.6 is 0 Å². The van der Waals surface area contributed by atoms with Crippen molar-refractivity contribution in [1.29, 1.82) is 0 Å². The number of rotatable bonds is 6. The second-order valence-electron chi connectivity index (χ2n) is 5.79. The molecule has 0 atom stereocenters. The van der Waals surface area contributed by atoms with Crippen molar-refractivity contribution in [3.05, 3.63) is 65.4 Å². The van der Waals surface area contributed by atoms with Crippen LogP contribution in [0.1, 0.15) is 21.5 Å². The summed E-state index contributed by atoms with van der Waals surface area (Å²) in [5, 5.41) is 11.1. The molecule has 0 spiro atoms. The number of aromatic carboxylic acids is 1. The highest BCUT2D eigenvalue weighted by Gasteiger charge is 2.08. The number of fused-ring (bicyclic) bond motifs is 1. The molecule has 0 radical (unpaired) electrons. The molecule has 25 heavy (non-hydrogen) atoms. The Morgan fingerprint density at radius 1 is 0.960 bits per heavy atom. The maximum absolute atomic E-state index is 11.0. The van der Waals surface area contributed by atoms with Crippen LogP contribution in [0.25, 0.3) is 22.0 Å². The summed E-state index contributed by atoms with van der Waals surface area (Å²) in [5.41, 5.74) is 4.09. The number of hydrogen-bond donors (Lipinski definition) is 1. The molecule has 1 N–H and O–H groups in total. The van der Waals surface area contributed by atoms with Crippen LogP contribution in [0.2, 0.25) is 0 Å². The van der Waals surface area contributed by atoms with E-state index in [4.69, 9.17) is 14.6 Å². The maximum Gasteiger partial charge on any atom is 0.335 e. The summed E-state index contributed by atoms with van der Waals surface area (Å²) in [7, 11) is 3.34. The fraction of sp³-hybridized carbons (Fsp3) is 0.200. The predicted octanol–water partition coefficient (Wildman–Crippen LogP) is 3.89. The van der Waals surface area contributed by atoms with Gasteiger partial charge in [0.2, 0.25) is 0 Å². The minimum Gasteiger partial charge on any atom is -0.478 e. The SMILES string of the molecule is COCc1cc2cnc(-c3ccc(C(=O)O)cc3)cc2cc1COC. The third-order valence-corrected chi connectivity index (χ3v) is 4.07. The molecule has 0 saturated carbocycles. The number of ether oxygens (including phenoxy) is 2. The zero-order chi connectivity index (χ0) is 17.8. The third-order valence-electron chi connectivity index (χ3n) is 4.07. The van der Waals surface area contributed by atoms with Crippen molar-refractivity contribution in [2.75, 3.05) is 14.2 Å². The lowest BCUT2D eigenvalue weighted by atomic mass is 10.0. The molecule has 5 nitrogen and oxygen atoms in total. The van der Waals surface area contributed by atoms with Crippen molar-refractivity contribution >= 4 is 16.7 Å². The van der Waals surface area contributed by atoms with Crippen molar-refractivity contribution in [1.82, 2.24) is 4.98 Å². The Kier molecular flexibility index (Phi) is 5.07. The number of aromatic nitrogens is 1. The van der Waals surface area contributed by atoms with E-state index in [0.717, 1.165) is 33.2 Å². The van der Waals surface area contributed by atoms with E-state index in [0.29, 0.717) is 13.2 Å². The van der Waals surface area contributed by atoms with Crippen molar-refractivity contribution in [3.8, 4) is 11.3 Å². The molecule has 2 aromatic carbocycles. The van der Waals surface area contributed by atoms with Gasteiger partial charge in [-0.1, -0.05) is 12.1 Å². The topological polar surface area (TPSA) is 68.7 Å². The summed E-state index contributed by atoms with van der Waals surface area (Å²) >= 11 is 0. The molecule has 0 aliphatic heterocycles. The molecule has 3 rings (SSSR count). The van der Waals surface area contributed by atoms with Gasteiger partial charge in [-0.15, -0.1) is 0 Å². The largest absolute Gasteiger partial charge is 0.478 e. The Balaban J connectivity index is 2.03. The molecule has 0 aliphatic rings. The summed E-state index contributed by atoms with van der Waals surface area (Å²) in [6.45, 7) is 1.03. The number of hydrogen-bond acceptors (Lipinski definition) is 4. The van der Waals surface area contributed by atoms with Crippen LogP contribution in [-0.4, -0.2) is 30.3 Å². The summed E-state index contributed by atoms with van der Waals surface area (Å²) in [4.78, 5) is 15.5. The highest BCUT2D eigenvalue weighted by Crippen LogP contribution is 2.26. The van der Waals surface area contributed by atoms with Crippen molar-refractivity contribution in [2.45, 2.75) is 13.2 Å². The summed E-state index contributed by atoms with van der Waals surface area (Å²) in [6.07, 6.45) is 1.82. The molecule has 0 fully saturated rings. The number of carboxylic acids is 1. The Morgan fingerprint density at radius 2 is 1.56 bits per heavy atom. The van der Waals surface area contributed by atoms with E-state index in [-0.39, 0.29) is 5.56 Å².